The summed E-state index contributed by atoms with van der Waals surface area (Å²) in [4.78, 5) is 1.43. The molecule has 96 valence electrons. The third kappa shape index (κ3) is 3.54. The molecule has 0 aromatic carbocycles. The third-order valence-electron chi connectivity index (χ3n) is 3.99. The molecule has 2 nitrogen and oxygen atoms in total. The molecule has 17 heavy (non-hydrogen) atoms. The van der Waals surface area contributed by atoms with Gasteiger partial charge in [-0.25, -0.2) is 0 Å². The molecule has 0 radical (unpaired) electrons. The van der Waals surface area contributed by atoms with Gasteiger partial charge in [0, 0.05) is 17.0 Å². The van der Waals surface area contributed by atoms with Gasteiger partial charge in [0.15, 0.2) is 0 Å². The van der Waals surface area contributed by atoms with Gasteiger partial charge in [0.05, 0.1) is 6.61 Å². The lowest BCUT2D eigenvalue weighted by Gasteiger charge is -2.39. The van der Waals surface area contributed by atoms with Gasteiger partial charge >= 0.3 is 0 Å². The largest absolute Gasteiger partial charge is 0.394 e. The Labute approximate surface area is 108 Å². The van der Waals surface area contributed by atoms with Gasteiger partial charge in [0.2, 0.25) is 0 Å². The maximum Gasteiger partial charge on any atom is 0.0613 e. The van der Waals surface area contributed by atoms with Crippen LogP contribution in [0, 0.1) is 5.92 Å². The van der Waals surface area contributed by atoms with Crippen LogP contribution in [0.5, 0.6) is 0 Å². The van der Waals surface area contributed by atoms with Crippen molar-refractivity contribution in [2.45, 2.75) is 44.6 Å². The van der Waals surface area contributed by atoms with E-state index in [-0.39, 0.29) is 12.1 Å². The van der Waals surface area contributed by atoms with Gasteiger partial charge < -0.3 is 10.4 Å². The number of hydrogen-bond acceptors (Lipinski definition) is 3. The predicted molar refractivity (Wildman–Crippen MR) is 73.5 cm³/mol. The van der Waals surface area contributed by atoms with E-state index in [1.54, 1.807) is 0 Å². The molecule has 0 amide bonds. The van der Waals surface area contributed by atoms with Crippen molar-refractivity contribution in [2.24, 2.45) is 5.92 Å². The first-order valence-electron chi connectivity index (χ1n) is 6.62. The highest BCUT2D eigenvalue weighted by Gasteiger charge is 2.32. The van der Waals surface area contributed by atoms with Crippen LogP contribution in [0.25, 0.3) is 0 Å². The summed E-state index contributed by atoms with van der Waals surface area (Å²) in [5, 5.41) is 15.3. The van der Waals surface area contributed by atoms with Gasteiger partial charge in [-0.3, -0.25) is 0 Å². The molecule has 0 atom stereocenters. The van der Waals surface area contributed by atoms with E-state index in [1.807, 2.05) is 11.3 Å². The van der Waals surface area contributed by atoms with Crippen molar-refractivity contribution in [3.63, 3.8) is 0 Å². The lowest BCUT2D eigenvalue weighted by molar-refractivity contribution is 0.106. The van der Waals surface area contributed by atoms with Crippen LogP contribution < -0.4 is 5.32 Å². The van der Waals surface area contributed by atoms with Gasteiger partial charge in [-0.1, -0.05) is 13.0 Å². The Morgan fingerprint density at radius 3 is 2.82 bits per heavy atom. The highest BCUT2D eigenvalue weighted by atomic mass is 32.1. The summed E-state index contributed by atoms with van der Waals surface area (Å²) < 4.78 is 0. The van der Waals surface area contributed by atoms with Crippen molar-refractivity contribution in [3.8, 4) is 0 Å². The Kier molecular flexibility index (Phi) is 4.60. The summed E-state index contributed by atoms with van der Waals surface area (Å²) in [6.07, 6.45) is 5.80. The van der Waals surface area contributed by atoms with Crippen molar-refractivity contribution < 1.29 is 5.11 Å². The smallest absolute Gasteiger partial charge is 0.0613 e. The zero-order valence-corrected chi connectivity index (χ0v) is 11.4. The van der Waals surface area contributed by atoms with Crippen LogP contribution in [0.2, 0.25) is 0 Å². The van der Waals surface area contributed by atoms with E-state index in [0.29, 0.717) is 0 Å². The number of aliphatic hydroxyl groups is 1. The van der Waals surface area contributed by atoms with E-state index in [9.17, 15) is 5.11 Å². The summed E-state index contributed by atoms with van der Waals surface area (Å²) in [7, 11) is 0. The van der Waals surface area contributed by atoms with E-state index in [2.05, 4.69) is 29.8 Å². The highest BCUT2D eigenvalue weighted by Crippen LogP contribution is 2.31. The maximum atomic E-state index is 9.63. The van der Waals surface area contributed by atoms with Crippen LogP contribution in [0.4, 0.5) is 0 Å². The molecule has 0 aliphatic heterocycles. The number of hydrogen-bond donors (Lipinski definition) is 2. The average Bonchev–Trinajstić information content (AvgIpc) is 2.85. The quantitative estimate of drug-likeness (QED) is 0.846. The molecule has 2 rings (SSSR count). The number of thiophene rings is 1. The zero-order valence-electron chi connectivity index (χ0n) is 10.6. The van der Waals surface area contributed by atoms with Gasteiger partial charge in [0.1, 0.15) is 0 Å². The SMILES string of the molecule is CC1CCC(CO)(NCCc2cccs2)CC1. The Hall–Kier alpha value is -0.380. The molecular weight excluding hydrogens is 230 g/mol. The first-order chi connectivity index (χ1) is 8.24. The zero-order chi connectivity index (χ0) is 12.1. The van der Waals surface area contributed by atoms with Crippen molar-refractivity contribution in [1.29, 1.82) is 0 Å². The van der Waals surface area contributed by atoms with Crippen LogP contribution in [0.3, 0.4) is 0 Å². The minimum absolute atomic E-state index is 0.00374. The van der Waals surface area contributed by atoms with Crippen molar-refractivity contribution in [2.75, 3.05) is 13.2 Å². The standard InChI is InChI=1S/C14H23NOS/c1-12-4-7-14(11-16,8-5-12)15-9-6-13-3-2-10-17-13/h2-3,10,12,15-16H,4-9,11H2,1H3. The molecule has 3 heteroatoms. The van der Waals surface area contributed by atoms with E-state index in [4.69, 9.17) is 0 Å². The molecule has 0 bridgehead atoms. The third-order valence-corrected chi connectivity index (χ3v) is 4.92. The van der Waals surface area contributed by atoms with Crippen LogP contribution in [-0.4, -0.2) is 23.8 Å². The van der Waals surface area contributed by atoms with Gasteiger partial charge in [0.25, 0.3) is 0 Å². The highest BCUT2D eigenvalue weighted by molar-refractivity contribution is 7.09. The fourth-order valence-corrected chi connectivity index (χ4v) is 3.32. The monoisotopic (exact) mass is 253 g/mol. The second-order valence-corrected chi connectivity index (χ2v) is 6.41. The van der Waals surface area contributed by atoms with Crippen LogP contribution in [0.1, 0.15) is 37.5 Å². The fraction of sp³-hybridized carbons (Fsp3) is 0.714. The Bertz CT molecular complexity index is 315. The Balaban J connectivity index is 1.79. The van der Waals surface area contributed by atoms with Crippen LogP contribution in [-0.2, 0) is 6.42 Å². The first kappa shape index (κ1) is 13.1. The molecule has 0 unspecified atom stereocenters. The van der Waals surface area contributed by atoms with Crippen molar-refractivity contribution in [1.82, 2.24) is 5.32 Å². The number of nitrogens with one attached hydrogen (secondary N) is 1. The van der Waals surface area contributed by atoms with Gasteiger partial charge in [-0.2, -0.15) is 0 Å². The van der Waals surface area contributed by atoms with Gasteiger partial charge in [-0.05, 0) is 49.5 Å². The summed E-state index contributed by atoms with van der Waals surface area (Å²) >= 11 is 1.81. The first-order valence-corrected chi connectivity index (χ1v) is 7.50. The molecule has 1 aromatic heterocycles. The van der Waals surface area contributed by atoms with E-state index >= 15 is 0 Å². The number of rotatable bonds is 5. The summed E-state index contributed by atoms with van der Waals surface area (Å²) in [6, 6.07) is 4.28. The van der Waals surface area contributed by atoms with Crippen LogP contribution >= 0.6 is 11.3 Å². The molecule has 1 aliphatic rings. The normalized spacial score (nSPS) is 29.4. The molecule has 0 spiro atoms. The number of aliphatic hydroxyl groups excluding tert-OH is 1. The maximum absolute atomic E-state index is 9.63. The molecule has 1 aromatic rings. The summed E-state index contributed by atoms with van der Waals surface area (Å²) in [6.45, 7) is 3.58. The van der Waals surface area contributed by atoms with E-state index < -0.39 is 0 Å². The molecule has 0 saturated heterocycles. The molecule has 1 saturated carbocycles. The minimum Gasteiger partial charge on any atom is -0.394 e. The topological polar surface area (TPSA) is 32.3 Å². The van der Waals surface area contributed by atoms with Crippen molar-refractivity contribution >= 4 is 11.3 Å². The average molecular weight is 253 g/mol. The van der Waals surface area contributed by atoms with Crippen molar-refractivity contribution in [3.05, 3.63) is 22.4 Å². The van der Waals surface area contributed by atoms with Crippen LogP contribution in [0.15, 0.2) is 17.5 Å². The predicted octanol–water partition coefficient (Wildman–Crippen LogP) is 2.82. The summed E-state index contributed by atoms with van der Waals surface area (Å²) in [5.74, 6) is 0.828. The second-order valence-electron chi connectivity index (χ2n) is 5.38. The summed E-state index contributed by atoms with van der Waals surface area (Å²) in [5.41, 5.74) is 0.00374. The van der Waals surface area contributed by atoms with E-state index in [1.165, 1.54) is 17.7 Å². The molecule has 1 heterocycles. The second kappa shape index (κ2) is 5.98. The molecule has 2 N–H and O–H groups in total. The minimum atomic E-state index is 0.00374. The Morgan fingerprint density at radius 2 is 2.24 bits per heavy atom. The fourth-order valence-electron chi connectivity index (χ4n) is 2.61. The lowest BCUT2D eigenvalue weighted by atomic mass is 9.77. The lowest BCUT2D eigenvalue weighted by Crippen LogP contribution is -2.51. The molecule has 1 fully saturated rings. The molecular formula is C14H23NOS. The van der Waals surface area contributed by atoms with Gasteiger partial charge in [-0.15, -0.1) is 11.3 Å². The Morgan fingerprint density at radius 1 is 1.47 bits per heavy atom. The molecule has 1 aliphatic carbocycles. The van der Waals surface area contributed by atoms with E-state index in [0.717, 1.165) is 31.7 Å².